The van der Waals surface area contributed by atoms with Crippen LogP contribution in [-0.4, -0.2) is 35.0 Å². The van der Waals surface area contributed by atoms with E-state index in [1.807, 2.05) is 18.2 Å². The van der Waals surface area contributed by atoms with Crippen molar-refractivity contribution in [2.75, 3.05) is 18.0 Å². The van der Waals surface area contributed by atoms with E-state index in [0.717, 1.165) is 25.3 Å². The number of nitrogens with one attached hydrogen (secondary N) is 2. The molecule has 3 heterocycles. The summed E-state index contributed by atoms with van der Waals surface area (Å²) < 4.78 is 0. The fraction of sp³-hybridized carbons (Fsp3) is 0.312. The molecular weight excluding hydrogens is 280 g/mol. The average molecular weight is 298 g/mol. The zero-order chi connectivity index (χ0) is 15.5. The average Bonchev–Trinajstić information content (AvgIpc) is 2.96. The number of rotatable bonds is 3. The maximum Gasteiger partial charge on any atom is 0.253 e. The number of amides is 1. The molecule has 1 aliphatic rings. The largest absolute Gasteiger partial charge is 0.354 e. The molecule has 114 valence electrons. The Hall–Kier alpha value is -2.63. The molecule has 1 aliphatic heterocycles. The molecule has 0 aliphatic carbocycles. The third kappa shape index (κ3) is 3.00. The van der Waals surface area contributed by atoms with Crippen LogP contribution in [0.25, 0.3) is 0 Å². The number of pyridine rings is 2. The van der Waals surface area contributed by atoms with Gasteiger partial charge in [0.1, 0.15) is 5.82 Å². The van der Waals surface area contributed by atoms with Crippen LogP contribution in [0, 0.1) is 6.92 Å². The highest BCUT2D eigenvalue weighted by molar-refractivity contribution is 5.95. The number of anilines is 1. The Balaban J connectivity index is 1.65. The Kier molecular flexibility index (Phi) is 3.91. The van der Waals surface area contributed by atoms with Crippen molar-refractivity contribution in [1.82, 2.24) is 15.3 Å². The van der Waals surface area contributed by atoms with Gasteiger partial charge in [-0.1, -0.05) is 6.07 Å². The third-order valence-corrected chi connectivity index (χ3v) is 3.86. The van der Waals surface area contributed by atoms with Crippen molar-refractivity contribution < 1.29 is 4.79 Å². The summed E-state index contributed by atoms with van der Waals surface area (Å²) in [5.41, 5.74) is 0.900. The molecule has 0 saturated carbocycles. The van der Waals surface area contributed by atoms with E-state index < -0.39 is 0 Å². The van der Waals surface area contributed by atoms with E-state index in [1.165, 1.54) is 6.07 Å². The second-order valence-corrected chi connectivity index (χ2v) is 5.45. The predicted molar refractivity (Wildman–Crippen MR) is 84.1 cm³/mol. The van der Waals surface area contributed by atoms with E-state index in [9.17, 15) is 9.59 Å². The van der Waals surface area contributed by atoms with Crippen LogP contribution < -0.4 is 15.8 Å². The standard InChI is InChI=1S/C16H18N4O2/c1-11-13(5-6-15(21)18-11)16(22)19-12-7-9-20(10-12)14-4-2-3-8-17-14/h2-6,8,12H,7,9-10H2,1H3,(H,18,21)(H,19,22)/t12-/m0/s1. The molecule has 22 heavy (non-hydrogen) atoms. The number of carbonyl (C=O) groups excluding carboxylic acids is 1. The second kappa shape index (κ2) is 6.01. The number of aromatic amines is 1. The van der Waals surface area contributed by atoms with Gasteiger partial charge in [0.15, 0.2) is 0 Å². The number of hydrogen-bond acceptors (Lipinski definition) is 4. The van der Waals surface area contributed by atoms with E-state index in [2.05, 4.69) is 20.2 Å². The third-order valence-electron chi connectivity index (χ3n) is 3.86. The molecule has 6 heteroatoms. The molecule has 1 saturated heterocycles. The van der Waals surface area contributed by atoms with Gasteiger partial charge in [-0.05, 0) is 31.5 Å². The first-order valence-electron chi connectivity index (χ1n) is 7.30. The van der Waals surface area contributed by atoms with Crippen molar-refractivity contribution in [3.63, 3.8) is 0 Å². The summed E-state index contributed by atoms with van der Waals surface area (Å²) >= 11 is 0. The van der Waals surface area contributed by atoms with Gasteiger partial charge in [0.05, 0.1) is 5.56 Å². The fourth-order valence-corrected chi connectivity index (χ4v) is 2.71. The molecule has 1 fully saturated rings. The lowest BCUT2D eigenvalue weighted by atomic mass is 10.1. The summed E-state index contributed by atoms with van der Waals surface area (Å²) in [6, 6.07) is 8.83. The zero-order valence-electron chi connectivity index (χ0n) is 12.4. The summed E-state index contributed by atoms with van der Waals surface area (Å²) in [7, 11) is 0. The highest BCUT2D eigenvalue weighted by Crippen LogP contribution is 2.17. The van der Waals surface area contributed by atoms with E-state index in [-0.39, 0.29) is 17.5 Å². The first-order valence-corrected chi connectivity index (χ1v) is 7.30. The molecule has 0 bridgehead atoms. The monoisotopic (exact) mass is 298 g/mol. The van der Waals surface area contributed by atoms with Crippen LogP contribution in [0.2, 0.25) is 0 Å². The number of H-pyrrole nitrogens is 1. The van der Waals surface area contributed by atoms with Crippen molar-refractivity contribution in [1.29, 1.82) is 0 Å². The smallest absolute Gasteiger partial charge is 0.253 e. The molecule has 0 spiro atoms. The van der Waals surface area contributed by atoms with Gasteiger partial charge in [0.25, 0.3) is 5.91 Å². The van der Waals surface area contributed by atoms with E-state index in [0.29, 0.717) is 11.3 Å². The SMILES string of the molecule is Cc1[nH]c(=O)ccc1C(=O)N[C@H]1CCN(c2ccccn2)C1. The summed E-state index contributed by atoms with van der Waals surface area (Å²) in [6.45, 7) is 3.34. The van der Waals surface area contributed by atoms with Crippen molar-refractivity contribution in [2.45, 2.75) is 19.4 Å². The maximum absolute atomic E-state index is 12.3. The van der Waals surface area contributed by atoms with Crippen molar-refractivity contribution in [3.05, 3.63) is 58.1 Å². The minimum absolute atomic E-state index is 0.0841. The van der Waals surface area contributed by atoms with Gasteiger partial charge in [-0.2, -0.15) is 0 Å². The molecule has 0 unspecified atom stereocenters. The topological polar surface area (TPSA) is 78.1 Å². The van der Waals surface area contributed by atoms with Crippen molar-refractivity contribution >= 4 is 11.7 Å². The molecule has 3 rings (SSSR count). The molecule has 1 amide bonds. The molecule has 2 N–H and O–H groups in total. The Morgan fingerprint density at radius 3 is 2.95 bits per heavy atom. The molecule has 2 aromatic heterocycles. The summed E-state index contributed by atoms with van der Waals surface area (Å²) in [5, 5.41) is 3.02. The fourth-order valence-electron chi connectivity index (χ4n) is 2.71. The predicted octanol–water partition coefficient (Wildman–Crippen LogP) is 1.09. The Labute approximate surface area is 128 Å². The molecular formula is C16H18N4O2. The van der Waals surface area contributed by atoms with E-state index >= 15 is 0 Å². The number of aryl methyl sites for hydroxylation is 1. The summed E-state index contributed by atoms with van der Waals surface area (Å²) in [4.78, 5) is 32.6. The lowest BCUT2D eigenvalue weighted by molar-refractivity contribution is 0.0939. The zero-order valence-corrected chi connectivity index (χ0v) is 12.4. The number of aromatic nitrogens is 2. The van der Waals surface area contributed by atoms with Crippen molar-refractivity contribution in [3.8, 4) is 0 Å². The summed E-state index contributed by atoms with van der Waals surface area (Å²) in [5.74, 6) is 0.779. The van der Waals surface area contributed by atoms with Gasteiger partial charge < -0.3 is 15.2 Å². The molecule has 2 aromatic rings. The maximum atomic E-state index is 12.3. The number of carbonyl (C=O) groups is 1. The lowest BCUT2D eigenvalue weighted by Crippen LogP contribution is -2.37. The van der Waals surface area contributed by atoms with Crippen LogP contribution in [0.15, 0.2) is 41.3 Å². The van der Waals surface area contributed by atoms with Crippen LogP contribution in [0.3, 0.4) is 0 Å². The Bertz CT molecular complexity index is 726. The highest BCUT2D eigenvalue weighted by atomic mass is 16.2. The minimum Gasteiger partial charge on any atom is -0.354 e. The number of nitrogens with zero attached hydrogens (tertiary/aromatic N) is 2. The highest BCUT2D eigenvalue weighted by Gasteiger charge is 2.25. The van der Waals surface area contributed by atoms with Crippen molar-refractivity contribution in [2.24, 2.45) is 0 Å². The van der Waals surface area contributed by atoms with Crippen LogP contribution in [0.1, 0.15) is 22.5 Å². The van der Waals surface area contributed by atoms with Gasteiger partial charge in [0, 0.05) is 37.1 Å². The Morgan fingerprint density at radius 2 is 2.23 bits per heavy atom. The van der Waals surface area contributed by atoms with Crippen LogP contribution in [0.4, 0.5) is 5.82 Å². The number of hydrogen-bond donors (Lipinski definition) is 2. The van der Waals surface area contributed by atoms with Crippen LogP contribution >= 0.6 is 0 Å². The molecule has 1 atom stereocenters. The lowest BCUT2D eigenvalue weighted by Gasteiger charge is -2.18. The minimum atomic E-state index is -0.198. The second-order valence-electron chi connectivity index (χ2n) is 5.45. The van der Waals surface area contributed by atoms with Gasteiger partial charge in [-0.25, -0.2) is 4.98 Å². The van der Waals surface area contributed by atoms with E-state index in [1.54, 1.807) is 19.2 Å². The van der Waals surface area contributed by atoms with Gasteiger partial charge in [0.2, 0.25) is 5.56 Å². The molecule has 6 nitrogen and oxygen atoms in total. The normalized spacial score (nSPS) is 17.5. The van der Waals surface area contributed by atoms with E-state index in [4.69, 9.17) is 0 Å². The van der Waals surface area contributed by atoms with Crippen LogP contribution in [-0.2, 0) is 0 Å². The first-order chi connectivity index (χ1) is 10.6. The Morgan fingerprint density at radius 1 is 1.36 bits per heavy atom. The van der Waals surface area contributed by atoms with Gasteiger partial charge >= 0.3 is 0 Å². The summed E-state index contributed by atoms with van der Waals surface area (Å²) in [6.07, 6.45) is 2.65. The van der Waals surface area contributed by atoms with Gasteiger partial charge in [-0.15, -0.1) is 0 Å². The first kappa shape index (κ1) is 14.3. The van der Waals surface area contributed by atoms with Crippen LogP contribution in [0.5, 0.6) is 0 Å². The molecule has 0 aromatic carbocycles. The molecule has 0 radical (unpaired) electrons. The van der Waals surface area contributed by atoms with Gasteiger partial charge in [-0.3, -0.25) is 9.59 Å². The quantitative estimate of drug-likeness (QED) is 0.889.